The summed E-state index contributed by atoms with van der Waals surface area (Å²) >= 11 is 1.57. The van der Waals surface area contributed by atoms with Crippen LogP contribution in [0.4, 0.5) is 0 Å². The number of nitrogens with one attached hydrogen (secondary N) is 1. The normalized spacial score (nSPS) is 11.0. The maximum atomic E-state index is 12.0. The molecule has 1 N–H and O–H groups in total. The third-order valence-electron chi connectivity index (χ3n) is 2.25. The monoisotopic (exact) mass is 228 g/mol. The summed E-state index contributed by atoms with van der Waals surface area (Å²) in [5, 5.41) is 0. The predicted octanol–water partition coefficient (Wildman–Crippen LogP) is 1.29. The molecule has 0 amide bonds. The van der Waals surface area contributed by atoms with Crippen LogP contribution in [0.15, 0.2) is 9.59 Å². The van der Waals surface area contributed by atoms with Gasteiger partial charge in [0.15, 0.2) is 0 Å². The Morgan fingerprint density at radius 1 is 1.40 bits per heavy atom. The number of aromatic amines is 1. The van der Waals surface area contributed by atoms with Gasteiger partial charge in [0.1, 0.15) is 0 Å². The van der Waals surface area contributed by atoms with Gasteiger partial charge in [0, 0.05) is 23.1 Å². The van der Waals surface area contributed by atoms with Gasteiger partial charge in [0.05, 0.1) is 0 Å². The first-order valence-corrected chi connectivity index (χ1v) is 6.21. The molecule has 0 aliphatic heterocycles. The lowest BCUT2D eigenvalue weighted by Crippen LogP contribution is -2.39. The van der Waals surface area contributed by atoms with Gasteiger partial charge in [-0.15, -0.1) is 0 Å². The van der Waals surface area contributed by atoms with E-state index in [0.717, 1.165) is 0 Å². The molecule has 0 saturated carbocycles. The number of hydrogen-bond acceptors (Lipinski definition) is 3. The van der Waals surface area contributed by atoms with Crippen molar-refractivity contribution >= 4 is 11.8 Å². The fourth-order valence-electron chi connectivity index (χ4n) is 1.48. The summed E-state index contributed by atoms with van der Waals surface area (Å²) in [5.41, 5.74) is 0.880. The largest absolute Gasteiger partial charge is 0.328 e. The van der Waals surface area contributed by atoms with Crippen LogP contribution in [0.5, 0.6) is 0 Å². The number of H-pyrrole nitrogens is 1. The minimum atomic E-state index is -0.322. The molecule has 0 unspecified atom stereocenters. The molecule has 0 saturated heterocycles. The molecule has 5 heteroatoms. The molecule has 0 aliphatic rings. The van der Waals surface area contributed by atoms with Crippen molar-refractivity contribution < 1.29 is 0 Å². The SMILES string of the molecule is CSCc1c(C)[nH]c(=O)n(C(C)C)c1=O. The maximum absolute atomic E-state index is 12.0. The summed E-state index contributed by atoms with van der Waals surface area (Å²) in [6.45, 7) is 5.42. The molecular formula is C10H16N2O2S. The van der Waals surface area contributed by atoms with Gasteiger partial charge in [-0.3, -0.25) is 9.36 Å². The minimum absolute atomic E-state index is 0.109. The van der Waals surface area contributed by atoms with E-state index in [0.29, 0.717) is 17.0 Å². The van der Waals surface area contributed by atoms with Crippen molar-refractivity contribution in [3.63, 3.8) is 0 Å². The second-order valence-electron chi connectivity index (χ2n) is 3.74. The van der Waals surface area contributed by atoms with Crippen LogP contribution in [0.1, 0.15) is 31.1 Å². The number of hydrogen-bond donors (Lipinski definition) is 1. The van der Waals surface area contributed by atoms with Crippen LogP contribution in [-0.2, 0) is 5.75 Å². The van der Waals surface area contributed by atoms with E-state index in [1.54, 1.807) is 18.7 Å². The molecule has 15 heavy (non-hydrogen) atoms. The summed E-state index contributed by atoms with van der Waals surface area (Å²) in [6.07, 6.45) is 1.93. The van der Waals surface area contributed by atoms with E-state index in [1.165, 1.54) is 4.57 Å². The van der Waals surface area contributed by atoms with E-state index < -0.39 is 0 Å². The van der Waals surface area contributed by atoms with Crippen molar-refractivity contribution in [1.29, 1.82) is 0 Å². The topological polar surface area (TPSA) is 54.9 Å². The Bertz CT molecular complexity index is 459. The second kappa shape index (κ2) is 4.70. The highest BCUT2D eigenvalue weighted by Crippen LogP contribution is 2.07. The van der Waals surface area contributed by atoms with Crippen LogP contribution < -0.4 is 11.2 Å². The lowest BCUT2D eigenvalue weighted by atomic mass is 10.2. The molecule has 0 spiro atoms. The van der Waals surface area contributed by atoms with Gasteiger partial charge in [-0.05, 0) is 27.0 Å². The smallest absolute Gasteiger partial charge is 0.311 e. The molecule has 1 heterocycles. The van der Waals surface area contributed by atoms with E-state index in [2.05, 4.69) is 4.98 Å². The fraction of sp³-hybridized carbons (Fsp3) is 0.600. The molecule has 1 aromatic heterocycles. The van der Waals surface area contributed by atoms with Crippen molar-refractivity contribution in [2.75, 3.05) is 6.26 Å². The summed E-state index contributed by atoms with van der Waals surface area (Å²) in [5.74, 6) is 0.633. The van der Waals surface area contributed by atoms with Gasteiger partial charge in [-0.25, -0.2) is 4.79 Å². The number of aryl methyl sites for hydroxylation is 1. The van der Waals surface area contributed by atoms with Crippen molar-refractivity contribution in [2.24, 2.45) is 0 Å². The average Bonchev–Trinajstić information content (AvgIpc) is 2.11. The van der Waals surface area contributed by atoms with Gasteiger partial charge < -0.3 is 4.98 Å². The molecular weight excluding hydrogens is 212 g/mol. The van der Waals surface area contributed by atoms with Gasteiger partial charge in [0.2, 0.25) is 0 Å². The van der Waals surface area contributed by atoms with Gasteiger partial charge in [-0.2, -0.15) is 11.8 Å². The van der Waals surface area contributed by atoms with Crippen LogP contribution in [0.3, 0.4) is 0 Å². The van der Waals surface area contributed by atoms with E-state index >= 15 is 0 Å². The Morgan fingerprint density at radius 3 is 2.47 bits per heavy atom. The van der Waals surface area contributed by atoms with Crippen LogP contribution in [0.2, 0.25) is 0 Å². The number of aromatic nitrogens is 2. The summed E-state index contributed by atoms with van der Waals surface area (Å²) in [4.78, 5) is 26.2. The van der Waals surface area contributed by atoms with Crippen molar-refractivity contribution in [1.82, 2.24) is 9.55 Å². The molecule has 1 rings (SSSR count). The lowest BCUT2D eigenvalue weighted by Gasteiger charge is -2.11. The Kier molecular flexibility index (Phi) is 3.79. The highest BCUT2D eigenvalue weighted by atomic mass is 32.2. The zero-order valence-corrected chi connectivity index (χ0v) is 10.3. The highest BCUT2D eigenvalue weighted by molar-refractivity contribution is 7.97. The lowest BCUT2D eigenvalue weighted by molar-refractivity contribution is 0.539. The third-order valence-corrected chi connectivity index (χ3v) is 2.83. The first kappa shape index (κ1) is 12.1. The molecule has 0 fully saturated rings. The summed E-state index contributed by atoms with van der Waals surface area (Å²) in [6, 6.07) is -0.109. The standard InChI is InChI=1S/C10H16N2O2S/c1-6(2)12-9(13)8(5-15-4)7(3)11-10(12)14/h6H,5H2,1-4H3,(H,11,14). The van der Waals surface area contributed by atoms with E-state index in [4.69, 9.17) is 0 Å². The van der Waals surface area contributed by atoms with Crippen molar-refractivity contribution in [3.8, 4) is 0 Å². The molecule has 84 valence electrons. The second-order valence-corrected chi connectivity index (χ2v) is 4.60. The maximum Gasteiger partial charge on any atom is 0.328 e. The molecule has 4 nitrogen and oxygen atoms in total. The first-order chi connectivity index (χ1) is 6.99. The van der Waals surface area contributed by atoms with Gasteiger partial charge >= 0.3 is 5.69 Å². The molecule has 0 radical (unpaired) electrons. The number of thioether (sulfide) groups is 1. The zero-order valence-electron chi connectivity index (χ0n) is 9.46. The van der Waals surface area contributed by atoms with E-state index in [9.17, 15) is 9.59 Å². The van der Waals surface area contributed by atoms with Crippen LogP contribution in [-0.4, -0.2) is 15.8 Å². The molecule has 0 atom stereocenters. The van der Waals surface area contributed by atoms with Crippen LogP contribution >= 0.6 is 11.8 Å². The Labute approximate surface area is 92.7 Å². The average molecular weight is 228 g/mol. The Morgan fingerprint density at radius 2 is 2.00 bits per heavy atom. The predicted molar refractivity (Wildman–Crippen MR) is 63.7 cm³/mol. The quantitative estimate of drug-likeness (QED) is 0.848. The van der Waals surface area contributed by atoms with Crippen LogP contribution in [0, 0.1) is 6.92 Å². The molecule has 0 aliphatic carbocycles. The number of rotatable bonds is 3. The van der Waals surface area contributed by atoms with E-state index in [-0.39, 0.29) is 17.3 Å². The minimum Gasteiger partial charge on any atom is -0.311 e. The molecule has 0 aromatic carbocycles. The molecule has 0 bridgehead atoms. The summed E-state index contributed by atoms with van der Waals surface area (Å²) < 4.78 is 1.26. The van der Waals surface area contributed by atoms with E-state index in [1.807, 2.05) is 20.1 Å². The van der Waals surface area contributed by atoms with Gasteiger partial charge in [0.25, 0.3) is 5.56 Å². The summed E-state index contributed by atoms with van der Waals surface area (Å²) in [7, 11) is 0. The zero-order chi connectivity index (χ0) is 11.6. The Hall–Kier alpha value is -0.970. The number of nitrogens with zero attached hydrogens (tertiary/aromatic N) is 1. The highest BCUT2D eigenvalue weighted by Gasteiger charge is 2.12. The fourth-order valence-corrected chi connectivity index (χ4v) is 2.11. The third kappa shape index (κ3) is 2.34. The molecule has 1 aromatic rings. The van der Waals surface area contributed by atoms with Crippen molar-refractivity contribution in [3.05, 3.63) is 32.1 Å². The van der Waals surface area contributed by atoms with Crippen molar-refractivity contribution in [2.45, 2.75) is 32.6 Å². The van der Waals surface area contributed by atoms with Gasteiger partial charge in [-0.1, -0.05) is 0 Å². The first-order valence-electron chi connectivity index (χ1n) is 4.82. The van der Waals surface area contributed by atoms with Crippen LogP contribution in [0.25, 0.3) is 0 Å². The Balaban J connectivity index is 3.50.